The van der Waals surface area contributed by atoms with E-state index in [-0.39, 0.29) is 37.8 Å². The van der Waals surface area contributed by atoms with Gasteiger partial charge in [0.05, 0.1) is 13.2 Å². The maximum Gasteiger partial charge on any atom is 0.509 e. The predicted molar refractivity (Wildman–Crippen MR) is 182 cm³/mol. The third kappa shape index (κ3) is 9.64. The van der Waals surface area contributed by atoms with Gasteiger partial charge in [-0.25, -0.2) is 18.9 Å². The standard InChI is InChI=1S/C35H33F2N4O12P/c36-35(37)29(52-34(45)49-21-24-12-6-2-7-13-24)27(22-50-54(46,40-26-17-19-47-30(26)42)53-25-14-8-3-9-15-25)51-31(35)41-18-16-28(38-32(41)43)39-33(44)48-20-23-10-4-1-5-11-23/h1-16,18,26-27,29,31H,17,19-22H2,(H,40,46)(H,38,39,43,44)/t26-,27?,29+,31+,54-/m0/s1. The number of nitrogens with one attached hydrogen (secondary N) is 2. The molecule has 54 heavy (non-hydrogen) atoms. The minimum atomic E-state index is -4.56. The van der Waals surface area contributed by atoms with Crippen molar-refractivity contribution in [2.24, 2.45) is 0 Å². The molecule has 0 radical (unpaired) electrons. The molecule has 3 aromatic carbocycles. The predicted octanol–water partition coefficient (Wildman–Crippen LogP) is 5.36. The minimum absolute atomic E-state index is 0.0223. The van der Waals surface area contributed by atoms with Crippen molar-refractivity contribution in [2.45, 2.75) is 50.0 Å². The molecule has 0 spiro atoms. The number of esters is 1. The highest BCUT2D eigenvalue weighted by Crippen LogP contribution is 2.49. The van der Waals surface area contributed by atoms with Crippen LogP contribution in [0.3, 0.4) is 0 Å². The number of aromatic nitrogens is 2. The quantitative estimate of drug-likeness (QED) is 0.0947. The molecule has 2 fully saturated rings. The Kier molecular flexibility index (Phi) is 12.0. The van der Waals surface area contributed by atoms with Gasteiger partial charge in [-0.1, -0.05) is 78.9 Å². The van der Waals surface area contributed by atoms with E-state index in [2.05, 4.69) is 15.4 Å². The molecule has 2 saturated heterocycles. The molecule has 3 heterocycles. The fourth-order valence-corrected chi connectivity index (χ4v) is 6.85. The zero-order valence-corrected chi connectivity index (χ0v) is 29.1. The molecule has 2 aliphatic heterocycles. The molecular weight excluding hydrogens is 737 g/mol. The molecule has 19 heteroatoms. The van der Waals surface area contributed by atoms with Gasteiger partial charge in [-0.2, -0.15) is 18.9 Å². The molecule has 2 aliphatic rings. The molecule has 6 rings (SSSR count). The molecule has 5 atom stereocenters. The number of cyclic esters (lactones) is 1. The van der Waals surface area contributed by atoms with Gasteiger partial charge in [-0.05, 0) is 29.3 Å². The van der Waals surface area contributed by atoms with Gasteiger partial charge in [0.1, 0.15) is 36.9 Å². The second-order valence-corrected chi connectivity index (χ2v) is 13.5. The topological polar surface area (TPSA) is 192 Å². The number of alkyl halides is 2. The Morgan fingerprint density at radius 2 is 1.54 bits per heavy atom. The van der Waals surface area contributed by atoms with Crippen LogP contribution in [0.2, 0.25) is 0 Å². The summed E-state index contributed by atoms with van der Waals surface area (Å²) in [6.07, 6.45) is -8.33. The van der Waals surface area contributed by atoms with E-state index in [9.17, 15) is 23.7 Å². The first kappa shape index (κ1) is 38.1. The van der Waals surface area contributed by atoms with E-state index in [4.69, 9.17) is 32.7 Å². The Hall–Kier alpha value is -5.68. The van der Waals surface area contributed by atoms with E-state index < -0.39 is 68.7 Å². The SMILES string of the molecule is O=C(Nc1ccn([C@@H]2OC(CO[P@@](=O)(N[C@H]3CCOC3=O)Oc3ccccc3)[C@@H](OC(=O)OCc3ccccc3)C2(F)F)c(=O)n1)OCc1ccccc1. The largest absolute Gasteiger partial charge is 0.509 e. The number of halogens is 2. The van der Waals surface area contributed by atoms with Crippen molar-refractivity contribution in [3.05, 3.63) is 125 Å². The van der Waals surface area contributed by atoms with Crippen molar-refractivity contribution in [3.63, 3.8) is 0 Å². The highest BCUT2D eigenvalue weighted by Gasteiger charge is 2.63. The van der Waals surface area contributed by atoms with Gasteiger partial charge in [0.2, 0.25) is 12.3 Å². The summed E-state index contributed by atoms with van der Waals surface area (Å²) >= 11 is 0. The van der Waals surface area contributed by atoms with Crippen molar-refractivity contribution in [1.29, 1.82) is 0 Å². The smallest absolute Gasteiger partial charge is 0.464 e. The van der Waals surface area contributed by atoms with Gasteiger partial charge in [0, 0.05) is 12.6 Å². The van der Waals surface area contributed by atoms with Crippen molar-refractivity contribution < 1.29 is 60.5 Å². The highest BCUT2D eigenvalue weighted by atomic mass is 31.2. The summed E-state index contributed by atoms with van der Waals surface area (Å²) in [6.45, 7) is -1.37. The number of ether oxygens (including phenoxy) is 5. The summed E-state index contributed by atoms with van der Waals surface area (Å²) in [5.74, 6) is -5.18. The lowest BCUT2D eigenvalue weighted by Crippen LogP contribution is -2.45. The van der Waals surface area contributed by atoms with E-state index in [0.29, 0.717) is 15.7 Å². The summed E-state index contributed by atoms with van der Waals surface area (Å²) in [5, 5.41) is 4.72. The number of carbonyl (C=O) groups is 3. The van der Waals surface area contributed by atoms with Crippen LogP contribution in [0.5, 0.6) is 5.75 Å². The van der Waals surface area contributed by atoms with Crippen molar-refractivity contribution in [3.8, 4) is 5.75 Å². The van der Waals surface area contributed by atoms with Crippen LogP contribution < -0.4 is 20.6 Å². The molecule has 1 unspecified atom stereocenters. The van der Waals surface area contributed by atoms with Crippen LogP contribution >= 0.6 is 7.75 Å². The van der Waals surface area contributed by atoms with Crippen LogP contribution in [0.1, 0.15) is 23.8 Å². The summed E-state index contributed by atoms with van der Waals surface area (Å²) in [5.41, 5.74) is -0.0601. The molecular formula is C35H33F2N4O12P. The first-order chi connectivity index (χ1) is 26.0. The van der Waals surface area contributed by atoms with E-state index in [1.165, 1.54) is 12.1 Å². The second kappa shape index (κ2) is 17.0. The van der Waals surface area contributed by atoms with Gasteiger partial charge in [0.25, 0.3) is 0 Å². The number of carbonyl (C=O) groups excluding carboxylic acids is 3. The zero-order valence-electron chi connectivity index (χ0n) is 28.2. The monoisotopic (exact) mass is 770 g/mol. The summed E-state index contributed by atoms with van der Waals surface area (Å²) in [6, 6.07) is 24.7. The van der Waals surface area contributed by atoms with Crippen LogP contribution in [0.4, 0.5) is 24.2 Å². The fourth-order valence-electron chi connectivity index (χ4n) is 5.31. The fraction of sp³-hybridized carbons (Fsp3) is 0.286. The van der Waals surface area contributed by atoms with E-state index in [0.717, 1.165) is 12.3 Å². The van der Waals surface area contributed by atoms with Gasteiger partial charge >= 0.3 is 37.6 Å². The molecule has 1 amide bonds. The lowest BCUT2D eigenvalue weighted by atomic mass is 10.1. The Morgan fingerprint density at radius 1 is 0.907 bits per heavy atom. The number of para-hydroxylation sites is 1. The van der Waals surface area contributed by atoms with Crippen LogP contribution in [-0.4, -0.2) is 65.2 Å². The molecule has 1 aromatic heterocycles. The average Bonchev–Trinajstić information content (AvgIpc) is 3.67. The summed E-state index contributed by atoms with van der Waals surface area (Å²) in [7, 11) is -4.56. The van der Waals surface area contributed by atoms with E-state index in [1.54, 1.807) is 78.9 Å². The zero-order chi connectivity index (χ0) is 38.1. The third-order valence-electron chi connectivity index (χ3n) is 7.93. The minimum Gasteiger partial charge on any atom is -0.464 e. The van der Waals surface area contributed by atoms with Crippen LogP contribution in [-0.2, 0) is 50.8 Å². The number of nitrogens with zero attached hydrogens (tertiary/aromatic N) is 2. The highest BCUT2D eigenvalue weighted by molar-refractivity contribution is 7.52. The molecule has 284 valence electrons. The Bertz CT molecular complexity index is 2030. The number of amides is 1. The maximum atomic E-state index is 16.3. The van der Waals surface area contributed by atoms with Crippen molar-refractivity contribution in [2.75, 3.05) is 18.5 Å². The van der Waals surface area contributed by atoms with E-state index >= 15 is 8.78 Å². The summed E-state index contributed by atoms with van der Waals surface area (Å²) < 4.78 is 83.8. The second-order valence-electron chi connectivity index (χ2n) is 11.8. The number of hydrogen-bond donors (Lipinski definition) is 2. The van der Waals surface area contributed by atoms with Crippen LogP contribution in [0, 0.1) is 0 Å². The number of anilines is 1. The Morgan fingerprint density at radius 3 is 2.15 bits per heavy atom. The lowest BCUT2D eigenvalue weighted by molar-refractivity contribution is -0.146. The van der Waals surface area contributed by atoms with Gasteiger partial charge in [-0.15, -0.1) is 0 Å². The molecule has 2 N–H and O–H groups in total. The normalized spacial score (nSPS) is 21.3. The summed E-state index contributed by atoms with van der Waals surface area (Å²) in [4.78, 5) is 54.0. The number of rotatable bonds is 14. The van der Waals surface area contributed by atoms with Gasteiger partial charge < -0.3 is 28.2 Å². The van der Waals surface area contributed by atoms with Gasteiger partial charge in [-0.3, -0.25) is 19.2 Å². The number of benzene rings is 3. The third-order valence-corrected chi connectivity index (χ3v) is 9.49. The maximum absolute atomic E-state index is 16.3. The average molecular weight is 771 g/mol. The molecule has 0 aliphatic carbocycles. The molecule has 0 saturated carbocycles. The van der Waals surface area contributed by atoms with Gasteiger partial charge in [0.15, 0.2) is 0 Å². The first-order valence-electron chi connectivity index (χ1n) is 16.4. The van der Waals surface area contributed by atoms with Crippen LogP contribution in [0.15, 0.2) is 108 Å². The lowest BCUT2D eigenvalue weighted by Gasteiger charge is -2.25. The first-order valence-corrected chi connectivity index (χ1v) is 17.9. The van der Waals surface area contributed by atoms with Crippen molar-refractivity contribution in [1.82, 2.24) is 14.6 Å². The Balaban J connectivity index is 1.21. The number of hydrogen-bond acceptors (Lipinski definition) is 13. The van der Waals surface area contributed by atoms with E-state index in [1.807, 2.05) is 0 Å². The molecule has 4 aromatic rings. The Labute approximate surface area is 305 Å². The van der Waals surface area contributed by atoms with Crippen molar-refractivity contribution >= 4 is 31.8 Å². The molecule has 0 bridgehead atoms. The van der Waals surface area contributed by atoms with Crippen LogP contribution in [0.25, 0.3) is 0 Å². The molecule has 16 nitrogen and oxygen atoms in total.